The lowest BCUT2D eigenvalue weighted by Gasteiger charge is -1.98. The molecule has 0 rings (SSSR count). The van der Waals surface area contributed by atoms with Crippen molar-refractivity contribution in [3.8, 4) is 0 Å². The minimum Gasteiger partial charge on any atom is -0.0961 e. The van der Waals surface area contributed by atoms with Crippen LogP contribution in [0.3, 0.4) is 0 Å². The third kappa shape index (κ3) is 7.41. The van der Waals surface area contributed by atoms with Gasteiger partial charge in [-0.1, -0.05) is 55.3 Å². The lowest BCUT2D eigenvalue weighted by molar-refractivity contribution is 1.56. The van der Waals surface area contributed by atoms with Crippen LogP contribution < -0.4 is 0 Å². The van der Waals surface area contributed by atoms with Crippen LogP contribution in [0.4, 0.5) is 0 Å². The molecule has 0 aromatic rings. The van der Waals surface area contributed by atoms with Gasteiger partial charge in [-0.2, -0.15) is 0 Å². The summed E-state index contributed by atoms with van der Waals surface area (Å²) in [5.41, 5.74) is 1.03. The number of hydrogen-bond acceptors (Lipinski definition) is 1. The maximum atomic E-state index is 3.89. The molecule has 0 nitrogen and oxygen atoms in total. The first-order valence-corrected chi connectivity index (χ1v) is 4.90. The SMILES string of the molecule is C=C(C)/C=C\C(=C)SC(=C)/C=C\C. The Morgan fingerprint density at radius 1 is 1.00 bits per heavy atom. The average Bonchev–Trinajstić information content (AvgIpc) is 2.01. The van der Waals surface area contributed by atoms with E-state index in [9.17, 15) is 0 Å². The van der Waals surface area contributed by atoms with Crippen molar-refractivity contribution in [2.24, 2.45) is 0 Å². The highest BCUT2D eigenvalue weighted by molar-refractivity contribution is 8.07. The Hall–Kier alpha value is -0.950. The molecule has 0 aromatic carbocycles. The molecule has 0 fully saturated rings. The predicted octanol–water partition coefficient (Wildman–Crippen LogP) is 4.46. The van der Waals surface area contributed by atoms with E-state index in [1.807, 2.05) is 38.2 Å². The van der Waals surface area contributed by atoms with Crippen molar-refractivity contribution in [1.82, 2.24) is 0 Å². The lowest BCUT2D eigenvalue weighted by atomic mass is 10.3. The molecule has 70 valence electrons. The molecule has 0 atom stereocenters. The molecular formula is C12H16S. The topological polar surface area (TPSA) is 0 Å². The fourth-order valence-electron chi connectivity index (χ4n) is 0.658. The van der Waals surface area contributed by atoms with E-state index in [1.54, 1.807) is 11.8 Å². The standard InChI is InChI=1S/C12H16S/c1-6-7-11(4)13-12(5)9-8-10(2)3/h6-9H,2,4-5H2,1,3H3/b7-6-,9-8-. The number of rotatable bonds is 5. The fraction of sp³-hybridized carbons (Fsp3) is 0.167. The molecule has 0 aliphatic rings. The van der Waals surface area contributed by atoms with Gasteiger partial charge in [-0.25, -0.2) is 0 Å². The Kier molecular flexibility index (Phi) is 6.07. The lowest BCUT2D eigenvalue weighted by Crippen LogP contribution is -1.70. The van der Waals surface area contributed by atoms with Gasteiger partial charge in [0, 0.05) is 9.81 Å². The Balaban J connectivity index is 4.02. The number of hydrogen-bond donors (Lipinski definition) is 0. The molecule has 0 bridgehead atoms. The molecule has 0 unspecified atom stereocenters. The van der Waals surface area contributed by atoms with Crippen LogP contribution in [0.25, 0.3) is 0 Å². The minimum atomic E-state index is 0.978. The van der Waals surface area contributed by atoms with Crippen molar-refractivity contribution in [3.05, 3.63) is 59.4 Å². The zero-order valence-electron chi connectivity index (χ0n) is 8.34. The molecular weight excluding hydrogens is 176 g/mol. The minimum absolute atomic E-state index is 0.978. The molecule has 0 heterocycles. The molecule has 0 saturated carbocycles. The van der Waals surface area contributed by atoms with E-state index >= 15 is 0 Å². The Morgan fingerprint density at radius 3 is 2.00 bits per heavy atom. The number of thioether (sulfide) groups is 1. The second-order valence-electron chi connectivity index (χ2n) is 2.71. The van der Waals surface area contributed by atoms with E-state index in [0.717, 1.165) is 15.4 Å². The Labute approximate surface area is 85.4 Å². The zero-order valence-corrected chi connectivity index (χ0v) is 9.16. The molecule has 0 spiro atoms. The van der Waals surface area contributed by atoms with Crippen molar-refractivity contribution in [1.29, 1.82) is 0 Å². The third-order valence-corrected chi connectivity index (χ3v) is 1.97. The Morgan fingerprint density at radius 2 is 1.54 bits per heavy atom. The van der Waals surface area contributed by atoms with Gasteiger partial charge in [-0.15, -0.1) is 0 Å². The van der Waals surface area contributed by atoms with Gasteiger partial charge in [0.15, 0.2) is 0 Å². The summed E-state index contributed by atoms with van der Waals surface area (Å²) in [5, 5.41) is 0. The van der Waals surface area contributed by atoms with Crippen LogP contribution in [0.1, 0.15) is 13.8 Å². The molecule has 0 radical (unpaired) electrons. The molecule has 0 aliphatic carbocycles. The molecule has 0 N–H and O–H groups in total. The fourth-order valence-corrected chi connectivity index (χ4v) is 1.33. The highest BCUT2D eigenvalue weighted by atomic mass is 32.2. The van der Waals surface area contributed by atoms with Crippen LogP contribution in [0, 0.1) is 0 Å². The summed E-state index contributed by atoms with van der Waals surface area (Å²) in [6.07, 6.45) is 7.81. The van der Waals surface area contributed by atoms with Gasteiger partial charge in [0.1, 0.15) is 0 Å². The monoisotopic (exact) mass is 192 g/mol. The summed E-state index contributed by atoms with van der Waals surface area (Å²) < 4.78 is 0. The van der Waals surface area contributed by atoms with E-state index in [4.69, 9.17) is 0 Å². The summed E-state index contributed by atoms with van der Waals surface area (Å²) >= 11 is 1.56. The van der Waals surface area contributed by atoms with Gasteiger partial charge in [0.25, 0.3) is 0 Å². The van der Waals surface area contributed by atoms with Crippen LogP contribution in [-0.2, 0) is 0 Å². The van der Waals surface area contributed by atoms with Crippen molar-refractivity contribution in [2.75, 3.05) is 0 Å². The summed E-state index contributed by atoms with van der Waals surface area (Å²) in [6, 6.07) is 0. The average molecular weight is 192 g/mol. The highest BCUT2D eigenvalue weighted by Crippen LogP contribution is 2.24. The maximum Gasteiger partial charge on any atom is 0.00498 e. The van der Waals surface area contributed by atoms with E-state index in [2.05, 4.69) is 19.7 Å². The van der Waals surface area contributed by atoms with Gasteiger partial charge in [0.05, 0.1) is 0 Å². The normalized spacial score (nSPS) is 10.9. The second kappa shape index (κ2) is 6.55. The first kappa shape index (κ1) is 12.0. The van der Waals surface area contributed by atoms with Crippen LogP contribution in [0.5, 0.6) is 0 Å². The Bertz CT molecular complexity index is 267. The van der Waals surface area contributed by atoms with Gasteiger partial charge >= 0.3 is 0 Å². The van der Waals surface area contributed by atoms with E-state index in [1.165, 1.54) is 0 Å². The van der Waals surface area contributed by atoms with E-state index in [0.29, 0.717) is 0 Å². The van der Waals surface area contributed by atoms with Crippen LogP contribution in [0.15, 0.2) is 59.4 Å². The molecule has 1 heteroatoms. The molecule has 0 saturated heterocycles. The van der Waals surface area contributed by atoms with Crippen molar-refractivity contribution in [3.63, 3.8) is 0 Å². The van der Waals surface area contributed by atoms with Crippen molar-refractivity contribution in [2.45, 2.75) is 13.8 Å². The summed E-state index contributed by atoms with van der Waals surface area (Å²) in [4.78, 5) is 1.98. The second-order valence-corrected chi connectivity index (χ2v) is 3.97. The summed E-state index contributed by atoms with van der Waals surface area (Å²) in [5.74, 6) is 0. The maximum absolute atomic E-state index is 3.89. The van der Waals surface area contributed by atoms with Gasteiger partial charge in [-0.3, -0.25) is 0 Å². The van der Waals surface area contributed by atoms with Gasteiger partial charge in [0.2, 0.25) is 0 Å². The zero-order chi connectivity index (χ0) is 10.3. The summed E-state index contributed by atoms with van der Waals surface area (Å²) in [6.45, 7) is 15.5. The largest absolute Gasteiger partial charge is 0.0961 e. The van der Waals surface area contributed by atoms with E-state index < -0.39 is 0 Å². The quantitative estimate of drug-likeness (QED) is 0.580. The van der Waals surface area contributed by atoms with Gasteiger partial charge < -0.3 is 0 Å². The first-order valence-electron chi connectivity index (χ1n) is 4.08. The van der Waals surface area contributed by atoms with Gasteiger partial charge in [-0.05, 0) is 19.9 Å². The van der Waals surface area contributed by atoms with Crippen LogP contribution in [-0.4, -0.2) is 0 Å². The third-order valence-electron chi connectivity index (χ3n) is 1.17. The summed E-state index contributed by atoms with van der Waals surface area (Å²) in [7, 11) is 0. The first-order chi connectivity index (χ1) is 6.06. The van der Waals surface area contributed by atoms with Crippen molar-refractivity contribution < 1.29 is 0 Å². The van der Waals surface area contributed by atoms with E-state index in [-0.39, 0.29) is 0 Å². The highest BCUT2D eigenvalue weighted by Gasteiger charge is 1.91. The number of allylic oxidation sites excluding steroid dienone is 5. The smallest absolute Gasteiger partial charge is 0.00498 e. The van der Waals surface area contributed by atoms with Crippen LogP contribution in [0.2, 0.25) is 0 Å². The predicted molar refractivity (Wildman–Crippen MR) is 64.6 cm³/mol. The van der Waals surface area contributed by atoms with Crippen molar-refractivity contribution >= 4 is 11.8 Å². The molecule has 0 aromatic heterocycles. The molecule has 0 aliphatic heterocycles. The van der Waals surface area contributed by atoms with Crippen LogP contribution >= 0.6 is 11.8 Å². The molecule has 0 amide bonds. The molecule has 13 heavy (non-hydrogen) atoms.